The molecule has 0 saturated carbocycles. The fraction of sp³-hybridized carbons (Fsp3) is 0.222. The van der Waals surface area contributed by atoms with Gasteiger partial charge in [-0.3, -0.25) is 14.9 Å². The van der Waals surface area contributed by atoms with E-state index in [2.05, 4.69) is 15.4 Å². The van der Waals surface area contributed by atoms with Crippen LogP contribution in [-0.4, -0.2) is 26.5 Å². The van der Waals surface area contributed by atoms with Crippen LogP contribution >= 0.6 is 22.9 Å². The Hall–Kier alpha value is -2.51. The van der Waals surface area contributed by atoms with Crippen molar-refractivity contribution in [3.05, 3.63) is 62.9 Å². The molecular formula is C18H17ClN4O2S. The van der Waals surface area contributed by atoms with Gasteiger partial charge in [0.25, 0.3) is 5.91 Å². The monoisotopic (exact) mass is 388 g/mol. The zero-order chi connectivity index (χ0) is 18.8. The topological polar surface area (TPSA) is 76.9 Å². The van der Waals surface area contributed by atoms with Gasteiger partial charge in [0.1, 0.15) is 10.8 Å². The van der Waals surface area contributed by atoms with E-state index in [1.54, 1.807) is 17.0 Å². The van der Waals surface area contributed by atoms with E-state index in [1.807, 2.05) is 31.2 Å². The van der Waals surface area contributed by atoms with Crippen LogP contribution in [0, 0.1) is 13.8 Å². The molecule has 0 bridgehead atoms. The van der Waals surface area contributed by atoms with Gasteiger partial charge in [0.15, 0.2) is 10.9 Å². The highest BCUT2D eigenvalue weighted by Crippen LogP contribution is 2.23. The molecule has 0 fully saturated rings. The third-order valence-corrected chi connectivity index (χ3v) is 4.97. The molecule has 0 aliphatic heterocycles. The van der Waals surface area contributed by atoms with Crippen LogP contribution in [0.4, 0.5) is 5.13 Å². The fourth-order valence-corrected chi connectivity index (χ4v) is 3.50. The number of aromatic nitrogens is 3. The van der Waals surface area contributed by atoms with Gasteiger partial charge in [0, 0.05) is 12.3 Å². The highest BCUT2D eigenvalue weighted by Gasteiger charge is 2.21. The van der Waals surface area contributed by atoms with E-state index >= 15 is 0 Å². The molecule has 26 heavy (non-hydrogen) atoms. The predicted molar refractivity (Wildman–Crippen MR) is 102 cm³/mol. The van der Waals surface area contributed by atoms with Gasteiger partial charge in [-0.25, -0.2) is 9.67 Å². The van der Waals surface area contributed by atoms with Gasteiger partial charge in [-0.05, 0) is 19.4 Å². The maximum Gasteiger partial charge on any atom is 0.262 e. The molecule has 3 rings (SSSR count). The number of aryl methyl sites for hydroxylation is 2. The highest BCUT2D eigenvalue weighted by molar-refractivity contribution is 7.14. The summed E-state index contributed by atoms with van der Waals surface area (Å²) in [4.78, 5) is 28.0. The predicted octanol–water partition coefficient (Wildman–Crippen LogP) is 4.11. The largest absolute Gasteiger partial charge is 0.298 e. The van der Waals surface area contributed by atoms with Crippen LogP contribution in [0.3, 0.4) is 0 Å². The van der Waals surface area contributed by atoms with Crippen molar-refractivity contribution in [3.8, 4) is 0 Å². The van der Waals surface area contributed by atoms with Crippen molar-refractivity contribution in [2.75, 3.05) is 5.32 Å². The summed E-state index contributed by atoms with van der Waals surface area (Å²) in [5.41, 5.74) is 3.37. The summed E-state index contributed by atoms with van der Waals surface area (Å²) >= 11 is 7.59. The molecule has 2 heterocycles. The lowest BCUT2D eigenvalue weighted by Gasteiger charge is -2.05. The highest BCUT2D eigenvalue weighted by atomic mass is 35.5. The lowest BCUT2D eigenvalue weighted by molar-refractivity contribution is 0.100. The summed E-state index contributed by atoms with van der Waals surface area (Å²) in [6, 6.07) is 8.03. The van der Waals surface area contributed by atoms with Gasteiger partial charge in [-0.15, -0.1) is 11.3 Å². The lowest BCUT2D eigenvalue weighted by Crippen LogP contribution is -2.13. The third-order valence-electron chi connectivity index (χ3n) is 3.83. The Morgan fingerprint density at radius 1 is 1.23 bits per heavy atom. The Balaban J connectivity index is 1.81. The van der Waals surface area contributed by atoms with Gasteiger partial charge in [0.05, 0.1) is 17.8 Å². The van der Waals surface area contributed by atoms with Crippen molar-refractivity contribution in [3.63, 3.8) is 0 Å². The number of halogens is 1. The number of hydrogen-bond donors (Lipinski definition) is 1. The molecule has 0 unspecified atom stereocenters. The molecule has 0 aliphatic rings. The number of Topliss-reactive ketones (excluding diaryl/α,β-unsaturated/α-hetero) is 1. The maximum atomic E-state index is 12.6. The standard InChI is InChI=1S/C18H17ClN4O2S/c1-10-4-6-13(7-5-10)8-23-16(19)15(11(2)22-23)17(25)21-18-20-14(9-26-18)12(3)24/h4-7,9H,8H2,1-3H3,(H,20,21,25). The minimum absolute atomic E-state index is 0.151. The van der Waals surface area contributed by atoms with Crippen LogP contribution < -0.4 is 5.32 Å². The van der Waals surface area contributed by atoms with Crippen molar-refractivity contribution >= 4 is 39.8 Å². The molecule has 134 valence electrons. The van der Waals surface area contributed by atoms with Crippen LogP contribution in [0.1, 0.15) is 44.6 Å². The Bertz CT molecular complexity index is 976. The Morgan fingerprint density at radius 2 is 1.92 bits per heavy atom. The summed E-state index contributed by atoms with van der Waals surface area (Å²) in [5, 5.41) is 9.28. The molecular weight excluding hydrogens is 372 g/mol. The molecule has 6 nitrogen and oxygen atoms in total. The molecule has 2 aromatic heterocycles. The summed E-state index contributed by atoms with van der Waals surface area (Å²) < 4.78 is 1.60. The fourth-order valence-electron chi connectivity index (χ4n) is 2.43. The lowest BCUT2D eigenvalue weighted by atomic mass is 10.1. The summed E-state index contributed by atoms with van der Waals surface area (Å²) in [6.07, 6.45) is 0. The third kappa shape index (κ3) is 3.84. The van der Waals surface area contributed by atoms with Gasteiger partial charge < -0.3 is 0 Å². The number of rotatable bonds is 5. The van der Waals surface area contributed by atoms with Crippen molar-refractivity contribution in [1.29, 1.82) is 0 Å². The summed E-state index contributed by atoms with van der Waals surface area (Å²) in [5.74, 6) is -0.547. The van der Waals surface area contributed by atoms with E-state index < -0.39 is 5.91 Å². The van der Waals surface area contributed by atoms with Crippen molar-refractivity contribution in [1.82, 2.24) is 14.8 Å². The average Bonchev–Trinajstić information content (AvgIpc) is 3.15. The number of ketones is 1. The van der Waals surface area contributed by atoms with Crippen molar-refractivity contribution < 1.29 is 9.59 Å². The minimum atomic E-state index is -0.396. The zero-order valence-electron chi connectivity index (χ0n) is 14.5. The number of benzene rings is 1. The Kier molecular flexibility index (Phi) is 5.20. The second-order valence-corrected chi connectivity index (χ2v) is 7.16. The van der Waals surface area contributed by atoms with E-state index in [9.17, 15) is 9.59 Å². The van der Waals surface area contributed by atoms with E-state index in [-0.39, 0.29) is 10.9 Å². The Labute approximate surface area is 159 Å². The zero-order valence-corrected chi connectivity index (χ0v) is 16.1. The van der Waals surface area contributed by atoms with Crippen LogP contribution in [0.5, 0.6) is 0 Å². The van der Waals surface area contributed by atoms with E-state index in [1.165, 1.54) is 23.8 Å². The number of amides is 1. The number of nitrogens with one attached hydrogen (secondary N) is 1. The average molecular weight is 389 g/mol. The molecule has 0 aliphatic carbocycles. The SMILES string of the molecule is CC(=O)c1csc(NC(=O)c2c(C)nn(Cc3ccc(C)cc3)c2Cl)n1. The van der Waals surface area contributed by atoms with Gasteiger partial charge in [-0.2, -0.15) is 5.10 Å². The van der Waals surface area contributed by atoms with Crippen molar-refractivity contribution in [2.24, 2.45) is 0 Å². The molecule has 1 amide bonds. The number of anilines is 1. The number of thiazole rings is 1. The first-order valence-electron chi connectivity index (χ1n) is 7.91. The second kappa shape index (κ2) is 7.39. The molecule has 1 N–H and O–H groups in total. The van der Waals surface area contributed by atoms with Gasteiger partial charge in [-0.1, -0.05) is 41.4 Å². The van der Waals surface area contributed by atoms with E-state index in [4.69, 9.17) is 11.6 Å². The van der Waals surface area contributed by atoms with Crippen LogP contribution in [0.25, 0.3) is 0 Å². The molecule has 3 aromatic rings. The molecule has 0 atom stereocenters. The quantitative estimate of drug-likeness (QED) is 0.667. The number of carbonyl (C=O) groups excluding carboxylic acids is 2. The molecule has 0 spiro atoms. The molecule has 0 saturated heterocycles. The van der Waals surface area contributed by atoms with Gasteiger partial charge >= 0.3 is 0 Å². The second-order valence-electron chi connectivity index (χ2n) is 5.94. The molecule has 1 aromatic carbocycles. The first-order valence-corrected chi connectivity index (χ1v) is 9.17. The van der Waals surface area contributed by atoms with Gasteiger partial charge in [0.2, 0.25) is 0 Å². The van der Waals surface area contributed by atoms with E-state index in [0.717, 1.165) is 5.56 Å². The summed E-state index contributed by atoms with van der Waals surface area (Å²) in [7, 11) is 0. The maximum absolute atomic E-state index is 12.6. The molecule has 8 heteroatoms. The first kappa shape index (κ1) is 18.3. The number of nitrogens with zero attached hydrogens (tertiary/aromatic N) is 3. The number of hydrogen-bond acceptors (Lipinski definition) is 5. The summed E-state index contributed by atoms with van der Waals surface area (Å²) in [6.45, 7) is 5.65. The van der Waals surface area contributed by atoms with Crippen LogP contribution in [0.2, 0.25) is 5.15 Å². The Morgan fingerprint density at radius 3 is 2.54 bits per heavy atom. The van der Waals surface area contributed by atoms with E-state index in [0.29, 0.717) is 28.6 Å². The number of carbonyl (C=O) groups is 2. The van der Waals surface area contributed by atoms with Crippen molar-refractivity contribution in [2.45, 2.75) is 27.3 Å². The van der Waals surface area contributed by atoms with Crippen LogP contribution in [-0.2, 0) is 6.54 Å². The normalized spacial score (nSPS) is 10.8. The minimum Gasteiger partial charge on any atom is -0.298 e. The van der Waals surface area contributed by atoms with Crippen LogP contribution in [0.15, 0.2) is 29.6 Å². The smallest absolute Gasteiger partial charge is 0.262 e. The molecule has 0 radical (unpaired) electrons. The first-order chi connectivity index (χ1) is 12.3.